The second kappa shape index (κ2) is 7.43. The van der Waals surface area contributed by atoms with Crippen LogP contribution in [0.5, 0.6) is 0 Å². The number of halogens is 3. The third-order valence-corrected chi connectivity index (χ3v) is 4.41. The molecule has 1 amide bonds. The van der Waals surface area contributed by atoms with E-state index in [0.29, 0.717) is 19.4 Å². The molecule has 1 aromatic rings. The second-order valence-electron chi connectivity index (χ2n) is 6.31. The maximum atomic E-state index is 12.8. The lowest BCUT2D eigenvalue weighted by Gasteiger charge is -2.39. The van der Waals surface area contributed by atoms with E-state index in [1.54, 1.807) is 0 Å². The van der Waals surface area contributed by atoms with Gasteiger partial charge in [-0.2, -0.15) is 13.2 Å². The Kier molecular flexibility index (Phi) is 5.72. The van der Waals surface area contributed by atoms with E-state index < -0.39 is 23.1 Å². The van der Waals surface area contributed by atoms with Crippen LogP contribution < -0.4 is 0 Å². The number of likely N-dealkylation sites (tertiary alicyclic amines) is 1. The van der Waals surface area contributed by atoms with Crippen LogP contribution in [0.25, 0.3) is 0 Å². The summed E-state index contributed by atoms with van der Waals surface area (Å²) >= 11 is 0. The van der Waals surface area contributed by atoms with Crippen molar-refractivity contribution in [1.82, 2.24) is 4.90 Å². The number of benzene rings is 1. The fraction of sp³-hybridized carbons (Fsp3) is 0.529. The van der Waals surface area contributed by atoms with Crippen molar-refractivity contribution in [3.05, 3.63) is 35.4 Å². The Bertz CT molecular complexity index is 643. The zero-order valence-corrected chi connectivity index (χ0v) is 13.8. The summed E-state index contributed by atoms with van der Waals surface area (Å²) < 4.78 is 43.3. The topological polar surface area (TPSA) is 66.8 Å². The standard InChI is InChI=1S/C17H20F3NO4/c1-25-11-16(15(23)24)6-3-7-21(10-16)14(22)9-12-4-2-5-13(8-12)17(18,19)20/h2,4-5,8H,3,6-7,9-11H2,1H3,(H,23,24). The first-order valence-electron chi connectivity index (χ1n) is 7.84. The molecule has 25 heavy (non-hydrogen) atoms. The van der Waals surface area contributed by atoms with Crippen LogP contribution in [0.1, 0.15) is 24.0 Å². The monoisotopic (exact) mass is 359 g/mol. The Morgan fingerprint density at radius 1 is 1.36 bits per heavy atom. The summed E-state index contributed by atoms with van der Waals surface area (Å²) in [4.78, 5) is 25.5. The minimum atomic E-state index is -4.47. The zero-order chi connectivity index (χ0) is 18.7. The highest BCUT2D eigenvalue weighted by Gasteiger charge is 2.43. The summed E-state index contributed by atoms with van der Waals surface area (Å²) in [6, 6.07) is 4.61. The number of carbonyl (C=O) groups excluding carboxylic acids is 1. The summed E-state index contributed by atoms with van der Waals surface area (Å²) in [7, 11) is 1.40. The van der Waals surface area contributed by atoms with Crippen molar-refractivity contribution >= 4 is 11.9 Å². The van der Waals surface area contributed by atoms with E-state index in [9.17, 15) is 27.9 Å². The lowest BCUT2D eigenvalue weighted by molar-refractivity contribution is -0.159. The third-order valence-electron chi connectivity index (χ3n) is 4.41. The average molecular weight is 359 g/mol. The smallest absolute Gasteiger partial charge is 0.416 e. The summed E-state index contributed by atoms with van der Waals surface area (Å²) in [5.74, 6) is -1.42. The number of piperidine rings is 1. The molecule has 1 fully saturated rings. The van der Waals surface area contributed by atoms with Gasteiger partial charge in [-0.25, -0.2) is 0 Å². The number of hydrogen-bond donors (Lipinski definition) is 1. The number of alkyl halides is 3. The van der Waals surface area contributed by atoms with E-state index in [1.165, 1.54) is 24.1 Å². The minimum Gasteiger partial charge on any atom is -0.481 e. The van der Waals surface area contributed by atoms with Crippen LogP contribution in [0.3, 0.4) is 0 Å². The fourth-order valence-electron chi connectivity index (χ4n) is 3.12. The summed E-state index contributed by atoms with van der Waals surface area (Å²) in [6.07, 6.45) is -3.78. The van der Waals surface area contributed by atoms with Crippen molar-refractivity contribution in [3.8, 4) is 0 Å². The zero-order valence-electron chi connectivity index (χ0n) is 13.8. The average Bonchev–Trinajstić information content (AvgIpc) is 2.54. The maximum absolute atomic E-state index is 12.8. The van der Waals surface area contributed by atoms with E-state index in [0.717, 1.165) is 12.1 Å². The molecule has 0 aliphatic carbocycles. The minimum absolute atomic E-state index is 0.00598. The van der Waals surface area contributed by atoms with Gasteiger partial charge in [-0.05, 0) is 24.5 Å². The van der Waals surface area contributed by atoms with Gasteiger partial charge >= 0.3 is 12.1 Å². The Balaban J connectivity index is 2.12. The number of rotatable bonds is 5. The van der Waals surface area contributed by atoms with Gasteiger partial charge in [-0.15, -0.1) is 0 Å². The SMILES string of the molecule is COCC1(C(=O)O)CCCN(C(=O)Cc2cccc(C(F)(F)F)c2)C1. The van der Waals surface area contributed by atoms with Crippen LogP contribution >= 0.6 is 0 Å². The molecular formula is C17H20F3NO4. The Hall–Kier alpha value is -2.09. The Labute approximate surface area is 143 Å². The molecule has 1 aromatic carbocycles. The van der Waals surface area contributed by atoms with Crippen LogP contribution in [0.2, 0.25) is 0 Å². The highest BCUT2D eigenvalue weighted by atomic mass is 19.4. The number of carboxylic acids is 1. The number of amides is 1. The maximum Gasteiger partial charge on any atom is 0.416 e. The van der Waals surface area contributed by atoms with E-state index in [4.69, 9.17) is 4.74 Å². The molecular weight excluding hydrogens is 339 g/mol. The van der Waals surface area contributed by atoms with E-state index >= 15 is 0 Å². The largest absolute Gasteiger partial charge is 0.481 e. The van der Waals surface area contributed by atoms with Gasteiger partial charge in [0.05, 0.1) is 18.6 Å². The number of aliphatic carboxylic acids is 1. The number of nitrogens with zero attached hydrogens (tertiary/aromatic N) is 1. The molecule has 1 aliphatic heterocycles. The highest BCUT2D eigenvalue weighted by Crippen LogP contribution is 2.32. The normalized spacial score (nSPS) is 21.2. The molecule has 0 saturated carbocycles. The van der Waals surface area contributed by atoms with E-state index in [1.807, 2.05) is 0 Å². The van der Waals surface area contributed by atoms with Crippen LogP contribution in [0.15, 0.2) is 24.3 Å². The molecule has 1 unspecified atom stereocenters. The molecule has 1 saturated heterocycles. The van der Waals surface area contributed by atoms with Gasteiger partial charge in [-0.3, -0.25) is 9.59 Å². The molecule has 0 bridgehead atoms. The molecule has 1 N–H and O–H groups in total. The molecule has 1 atom stereocenters. The van der Waals surface area contributed by atoms with Crippen molar-refractivity contribution in [2.45, 2.75) is 25.4 Å². The molecule has 2 rings (SSSR count). The predicted molar refractivity (Wildman–Crippen MR) is 82.9 cm³/mol. The quantitative estimate of drug-likeness (QED) is 0.878. The van der Waals surface area contributed by atoms with Gasteiger partial charge in [0.25, 0.3) is 0 Å². The second-order valence-corrected chi connectivity index (χ2v) is 6.31. The van der Waals surface area contributed by atoms with Crippen molar-refractivity contribution in [2.75, 3.05) is 26.8 Å². The number of carboxylic acid groups (broad SMARTS) is 1. The van der Waals surface area contributed by atoms with Crippen molar-refractivity contribution in [1.29, 1.82) is 0 Å². The Morgan fingerprint density at radius 2 is 2.08 bits per heavy atom. The number of ether oxygens (including phenoxy) is 1. The number of carbonyl (C=O) groups is 2. The molecule has 138 valence electrons. The molecule has 0 spiro atoms. The van der Waals surface area contributed by atoms with Gasteiger partial charge in [0.15, 0.2) is 0 Å². The van der Waals surface area contributed by atoms with Crippen molar-refractivity contribution < 1.29 is 32.6 Å². The van der Waals surface area contributed by atoms with Gasteiger partial charge in [0.2, 0.25) is 5.91 Å². The van der Waals surface area contributed by atoms with Crippen molar-refractivity contribution in [3.63, 3.8) is 0 Å². The molecule has 1 heterocycles. The highest BCUT2D eigenvalue weighted by molar-refractivity contribution is 5.81. The molecule has 1 aliphatic rings. The lowest BCUT2D eigenvalue weighted by atomic mass is 9.80. The van der Waals surface area contributed by atoms with E-state index in [-0.39, 0.29) is 31.0 Å². The van der Waals surface area contributed by atoms with E-state index in [2.05, 4.69) is 0 Å². The first kappa shape index (κ1) is 19.2. The molecule has 8 heteroatoms. The molecule has 0 aromatic heterocycles. The van der Waals surface area contributed by atoms with Gasteiger partial charge in [-0.1, -0.05) is 18.2 Å². The summed E-state index contributed by atoms with van der Waals surface area (Å²) in [5, 5.41) is 9.49. The lowest BCUT2D eigenvalue weighted by Crippen LogP contribution is -2.52. The van der Waals surface area contributed by atoms with Crippen LogP contribution in [-0.4, -0.2) is 48.7 Å². The first-order chi connectivity index (χ1) is 11.7. The summed E-state index contributed by atoms with van der Waals surface area (Å²) in [5.41, 5.74) is -1.73. The van der Waals surface area contributed by atoms with Crippen LogP contribution in [0.4, 0.5) is 13.2 Å². The third kappa shape index (κ3) is 4.50. The predicted octanol–water partition coefficient (Wildman–Crippen LogP) is 2.59. The summed E-state index contributed by atoms with van der Waals surface area (Å²) in [6.45, 7) is 0.361. The van der Waals surface area contributed by atoms with Gasteiger partial charge < -0.3 is 14.7 Å². The fourth-order valence-corrected chi connectivity index (χ4v) is 3.12. The van der Waals surface area contributed by atoms with Gasteiger partial charge in [0, 0.05) is 20.2 Å². The molecule has 5 nitrogen and oxygen atoms in total. The van der Waals surface area contributed by atoms with Crippen molar-refractivity contribution in [2.24, 2.45) is 5.41 Å². The number of methoxy groups -OCH3 is 1. The molecule has 0 radical (unpaired) electrons. The van der Waals surface area contributed by atoms with Gasteiger partial charge in [0.1, 0.15) is 5.41 Å². The number of hydrogen-bond acceptors (Lipinski definition) is 3. The van der Waals surface area contributed by atoms with Crippen LogP contribution in [0, 0.1) is 5.41 Å². The van der Waals surface area contributed by atoms with Crippen LogP contribution in [-0.2, 0) is 26.9 Å². The first-order valence-corrected chi connectivity index (χ1v) is 7.84. The Morgan fingerprint density at radius 3 is 2.68 bits per heavy atom.